The summed E-state index contributed by atoms with van der Waals surface area (Å²) in [7, 11) is -2.77. The van der Waals surface area contributed by atoms with Crippen LogP contribution in [0.4, 0.5) is 0 Å². The molecule has 6 heteroatoms. The van der Waals surface area contributed by atoms with Crippen molar-refractivity contribution in [3.63, 3.8) is 0 Å². The third kappa shape index (κ3) is 2.79. The van der Waals surface area contributed by atoms with Crippen molar-refractivity contribution in [1.29, 1.82) is 0 Å². The molecule has 0 spiro atoms. The van der Waals surface area contributed by atoms with Crippen LogP contribution in [0.3, 0.4) is 0 Å². The number of hydrogen-bond donors (Lipinski definition) is 1. The highest BCUT2D eigenvalue weighted by molar-refractivity contribution is 7.87. The number of rotatable bonds is 4. The van der Waals surface area contributed by atoms with E-state index in [4.69, 9.17) is 8.92 Å². The molecule has 0 aliphatic carbocycles. The average molecular weight is 280 g/mol. The van der Waals surface area contributed by atoms with Gasteiger partial charge < -0.3 is 14.0 Å². The third-order valence-corrected chi connectivity index (χ3v) is 3.68. The SMILES string of the molecule is COc1cccc(S(=O)(=O)Oc2ccccc2)c1O. The van der Waals surface area contributed by atoms with Crippen LogP contribution in [0.1, 0.15) is 0 Å². The first kappa shape index (κ1) is 13.2. The van der Waals surface area contributed by atoms with Crippen LogP contribution in [0.25, 0.3) is 0 Å². The van der Waals surface area contributed by atoms with Gasteiger partial charge in [-0.05, 0) is 24.3 Å². The smallest absolute Gasteiger partial charge is 0.343 e. The maximum Gasteiger partial charge on any atom is 0.343 e. The highest BCUT2D eigenvalue weighted by atomic mass is 32.2. The molecule has 0 aliphatic rings. The fraction of sp³-hybridized carbons (Fsp3) is 0.0769. The summed E-state index contributed by atoms with van der Waals surface area (Å²) >= 11 is 0. The van der Waals surface area contributed by atoms with Crippen LogP contribution < -0.4 is 8.92 Å². The Morgan fingerprint density at radius 3 is 2.32 bits per heavy atom. The van der Waals surface area contributed by atoms with Gasteiger partial charge in [-0.25, -0.2) is 0 Å². The van der Waals surface area contributed by atoms with Gasteiger partial charge >= 0.3 is 10.1 Å². The van der Waals surface area contributed by atoms with Gasteiger partial charge in [-0.15, -0.1) is 0 Å². The fourth-order valence-corrected chi connectivity index (χ4v) is 2.55. The van der Waals surface area contributed by atoms with Crippen molar-refractivity contribution in [3.8, 4) is 17.2 Å². The van der Waals surface area contributed by atoms with Gasteiger partial charge in [0.1, 0.15) is 5.75 Å². The van der Waals surface area contributed by atoms with Crippen LogP contribution >= 0.6 is 0 Å². The van der Waals surface area contributed by atoms with Crippen LogP contribution in [-0.2, 0) is 10.1 Å². The summed E-state index contributed by atoms with van der Waals surface area (Å²) in [6.07, 6.45) is 0. The Morgan fingerprint density at radius 1 is 1.00 bits per heavy atom. The molecular formula is C13H12O5S. The molecule has 2 rings (SSSR count). The van der Waals surface area contributed by atoms with Crippen LogP contribution in [0.15, 0.2) is 53.4 Å². The summed E-state index contributed by atoms with van der Waals surface area (Å²) in [6, 6.07) is 12.2. The van der Waals surface area contributed by atoms with E-state index < -0.39 is 15.9 Å². The van der Waals surface area contributed by atoms with E-state index in [0.717, 1.165) is 0 Å². The molecule has 0 unspecified atom stereocenters. The Kier molecular flexibility index (Phi) is 3.62. The second-order valence-electron chi connectivity index (χ2n) is 3.66. The maximum atomic E-state index is 12.1. The molecule has 0 amide bonds. The highest BCUT2D eigenvalue weighted by Crippen LogP contribution is 2.33. The van der Waals surface area contributed by atoms with E-state index in [1.165, 1.54) is 37.4 Å². The zero-order chi connectivity index (χ0) is 13.9. The first-order valence-electron chi connectivity index (χ1n) is 5.40. The zero-order valence-electron chi connectivity index (χ0n) is 10.1. The Morgan fingerprint density at radius 2 is 1.68 bits per heavy atom. The predicted octanol–water partition coefficient (Wildman–Crippen LogP) is 2.17. The minimum Gasteiger partial charge on any atom is -0.503 e. The molecule has 0 bridgehead atoms. The number of methoxy groups -OCH3 is 1. The lowest BCUT2D eigenvalue weighted by Gasteiger charge is -2.10. The lowest BCUT2D eigenvalue weighted by molar-refractivity contribution is 0.364. The van der Waals surface area contributed by atoms with Crippen molar-refractivity contribution in [1.82, 2.24) is 0 Å². The maximum absolute atomic E-state index is 12.1. The molecule has 0 atom stereocenters. The van der Waals surface area contributed by atoms with Crippen molar-refractivity contribution in [2.24, 2.45) is 0 Å². The number of phenolic OH excluding ortho intramolecular Hbond substituents is 1. The first-order valence-corrected chi connectivity index (χ1v) is 6.81. The summed E-state index contributed by atoms with van der Waals surface area (Å²) in [5.41, 5.74) is 0. The van der Waals surface area contributed by atoms with Crippen LogP contribution in [-0.4, -0.2) is 20.6 Å². The van der Waals surface area contributed by atoms with E-state index in [1.54, 1.807) is 18.2 Å². The van der Waals surface area contributed by atoms with Gasteiger partial charge in [0.2, 0.25) is 0 Å². The van der Waals surface area contributed by atoms with Crippen LogP contribution in [0.2, 0.25) is 0 Å². The minimum atomic E-state index is -4.11. The van der Waals surface area contributed by atoms with Gasteiger partial charge in [-0.2, -0.15) is 8.42 Å². The molecule has 100 valence electrons. The fourth-order valence-electron chi connectivity index (χ4n) is 1.52. The molecule has 0 fully saturated rings. The number of hydrogen-bond acceptors (Lipinski definition) is 5. The van der Waals surface area contributed by atoms with Crippen molar-refractivity contribution >= 4 is 10.1 Å². The largest absolute Gasteiger partial charge is 0.503 e. The highest BCUT2D eigenvalue weighted by Gasteiger charge is 2.23. The van der Waals surface area contributed by atoms with E-state index in [1.807, 2.05) is 0 Å². The van der Waals surface area contributed by atoms with Gasteiger partial charge in [0.25, 0.3) is 0 Å². The van der Waals surface area contributed by atoms with Gasteiger partial charge in [-0.3, -0.25) is 0 Å². The summed E-state index contributed by atoms with van der Waals surface area (Å²) in [5.74, 6) is -0.233. The van der Waals surface area contributed by atoms with Crippen molar-refractivity contribution < 1.29 is 22.4 Å². The van der Waals surface area contributed by atoms with E-state index in [0.29, 0.717) is 0 Å². The molecule has 0 radical (unpaired) electrons. The first-order chi connectivity index (χ1) is 9.04. The predicted molar refractivity (Wildman–Crippen MR) is 68.9 cm³/mol. The van der Waals surface area contributed by atoms with Gasteiger partial charge in [-0.1, -0.05) is 24.3 Å². The van der Waals surface area contributed by atoms with Gasteiger partial charge in [0.05, 0.1) is 7.11 Å². The quantitative estimate of drug-likeness (QED) is 0.869. The minimum absolute atomic E-state index is 0.0673. The molecule has 0 heterocycles. The summed E-state index contributed by atoms with van der Waals surface area (Å²) in [4.78, 5) is -0.337. The third-order valence-electron chi connectivity index (χ3n) is 2.40. The van der Waals surface area contributed by atoms with E-state index in [2.05, 4.69) is 0 Å². The Labute approximate surface area is 111 Å². The van der Waals surface area contributed by atoms with Crippen molar-refractivity contribution in [2.75, 3.05) is 7.11 Å². The normalized spacial score (nSPS) is 11.0. The summed E-state index contributed by atoms with van der Waals surface area (Å²) in [5, 5.41) is 9.82. The molecule has 5 nitrogen and oxygen atoms in total. The molecule has 1 N–H and O–H groups in total. The molecule has 0 saturated heterocycles. The lowest BCUT2D eigenvalue weighted by Crippen LogP contribution is -2.10. The monoisotopic (exact) mass is 280 g/mol. The molecule has 0 aliphatic heterocycles. The molecule has 2 aromatic carbocycles. The number of benzene rings is 2. The summed E-state index contributed by atoms with van der Waals surface area (Å²) < 4.78 is 33.9. The molecule has 0 saturated carbocycles. The lowest BCUT2D eigenvalue weighted by atomic mass is 10.3. The van der Waals surface area contributed by atoms with E-state index in [-0.39, 0.29) is 16.4 Å². The second kappa shape index (κ2) is 5.19. The molecule has 0 aromatic heterocycles. The topological polar surface area (TPSA) is 72.8 Å². The van der Waals surface area contributed by atoms with Gasteiger partial charge in [0, 0.05) is 0 Å². The van der Waals surface area contributed by atoms with Crippen LogP contribution in [0, 0.1) is 0 Å². The van der Waals surface area contributed by atoms with Crippen LogP contribution in [0.5, 0.6) is 17.2 Å². The standard InChI is InChI=1S/C13H12O5S/c1-17-11-8-5-9-12(13(11)14)19(15,16)18-10-6-3-2-4-7-10/h2-9,14H,1H3. The second-order valence-corrected chi connectivity index (χ2v) is 5.17. The molecule has 2 aromatic rings. The number of para-hydroxylation sites is 2. The number of phenols is 1. The number of aromatic hydroxyl groups is 1. The average Bonchev–Trinajstić information content (AvgIpc) is 2.39. The summed E-state index contributed by atoms with van der Waals surface area (Å²) in [6.45, 7) is 0. The van der Waals surface area contributed by atoms with E-state index in [9.17, 15) is 13.5 Å². The Balaban J connectivity index is 2.40. The van der Waals surface area contributed by atoms with E-state index >= 15 is 0 Å². The number of ether oxygens (including phenoxy) is 1. The van der Waals surface area contributed by atoms with Crippen molar-refractivity contribution in [3.05, 3.63) is 48.5 Å². The van der Waals surface area contributed by atoms with Gasteiger partial charge in [0.15, 0.2) is 16.4 Å². The Bertz CT molecular complexity index is 665. The Hall–Kier alpha value is -2.21. The van der Waals surface area contributed by atoms with Crippen molar-refractivity contribution in [2.45, 2.75) is 4.90 Å². The molecule has 19 heavy (non-hydrogen) atoms. The zero-order valence-corrected chi connectivity index (χ0v) is 10.9. The molecular weight excluding hydrogens is 268 g/mol.